The van der Waals surface area contributed by atoms with Crippen molar-refractivity contribution in [1.82, 2.24) is 19.9 Å². The minimum Gasteiger partial charge on any atom is -0.478 e. The van der Waals surface area contributed by atoms with Crippen molar-refractivity contribution in [3.63, 3.8) is 0 Å². The summed E-state index contributed by atoms with van der Waals surface area (Å²) in [5.74, 6) is -1.56. The summed E-state index contributed by atoms with van der Waals surface area (Å²) in [5, 5.41) is 10.3. The summed E-state index contributed by atoms with van der Waals surface area (Å²) in [6, 6.07) is 1.55. The maximum absolute atomic E-state index is 13.8. The molecule has 1 fully saturated rings. The van der Waals surface area contributed by atoms with Gasteiger partial charge in [-0.3, -0.25) is 10.00 Å². The first-order valence-electron chi connectivity index (χ1n) is 7.67. The number of rotatable bonds is 1. The first-order valence-corrected chi connectivity index (χ1v) is 7.67. The number of hydrogen-bond acceptors (Lipinski definition) is 5. The Labute approximate surface area is 141 Å². The van der Waals surface area contributed by atoms with E-state index in [-0.39, 0.29) is 24.6 Å². The number of nitrogens with zero attached hydrogens (tertiary/aromatic N) is 4. The molecule has 1 aromatic heterocycles. The monoisotopic (exact) mass is 351 g/mol. The summed E-state index contributed by atoms with van der Waals surface area (Å²) >= 11 is 0. The van der Waals surface area contributed by atoms with Gasteiger partial charge in [-0.2, -0.15) is 0 Å². The summed E-state index contributed by atoms with van der Waals surface area (Å²) in [6.07, 6.45) is -1.14. The van der Waals surface area contributed by atoms with Crippen molar-refractivity contribution in [1.29, 1.82) is 0 Å². The van der Waals surface area contributed by atoms with Crippen LogP contribution in [-0.4, -0.2) is 51.2 Å². The third-order valence-electron chi connectivity index (χ3n) is 4.39. The number of hydrogen-bond donors (Lipinski definition) is 1. The number of halogens is 2. The fourth-order valence-corrected chi connectivity index (χ4v) is 2.87. The third-order valence-corrected chi connectivity index (χ3v) is 4.39. The predicted molar refractivity (Wildman–Crippen MR) is 81.5 cm³/mol. The summed E-state index contributed by atoms with van der Waals surface area (Å²) < 4.78 is 40.2. The van der Waals surface area contributed by atoms with Crippen molar-refractivity contribution in [3.05, 3.63) is 29.5 Å². The van der Waals surface area contributed by atoms with Gasteiger partial charge in [0.1, 0.15) is 0 Å². The molecule has 0 saturated carbocycles. The molecule has 0 aliphatic carbocycles. The van der Waals surface area contributed by atoms with E-state index in [1.54, 1.807) is 14.0 Å². The van der Waals surface area contributed by atoms with Crippen LogP contribution in [0.2, 0.25) is 0 Å². The molecule has 0 bridgehead atoms. The van der Waals surface area contributed by atoms with Crippen LogP contribution in [0, 0.1) is 18.6 Å². The minimum absolute atomic E-state index is 0.186. The SMILES string of the molecule is Cc1c(NC(=O)N2C[C@@H]3Oc4c(F)ccc(F)c4O[C@@H]3C2)nnn1C. The lowest BCUT2D eigenvalue weighted by atomic mass is 10.2. The van der Waals surface area contributed by atoms with Gasteiger partial charge in [-0.1, -0.05) is 5.21 Å². The van der Waals surface area contributed by atoms with E-state index in [2.05, 4.69) is 15.6 Å². The molecule has 0 spiro atoms. The van der Waals surface area contributed by atoms with Gasteiger partial charge in [0.15, 0.2) is 29.7 Å². The van der Waals surface area contributed by atoms with Crippen LogP contribution < -0.4 is 14.8 Å². The topological polar surface area (TPSA) is 81.5 Å². The molecular weight excluding hydrogens is 336 g/mol. The normalized spacial score (nSPS) is 21.2. The van der Waals surface area contributed by atoms with Crippen molar-refractivity contribution >= 4 is 11.8 Å². The molecule has 1 N–H and O–H groups in total. The molecule has 2 atom stereocenters. The van der Waals surface area contributed by atoms with Crippen LogP contribution in [0.15, 0.2) is 12.1 Å². The highest BCUT2D eigenvalue weighted by molar-refractivity contribution is 5.89. The fraction of sp³-hybridized carbons (Fsp3) is 0.400. The third kappa shape index (κ3) is 2.53. The number of ether oxygens (including phenoxy) is 2. The Hall–Kier alpha value is -2.91. The van der Waals surface area contributed by atoms with E-state index in [9.17, 15) is 13.6 Å². The van der Waals surface area contributed by atoms with Crippen LogP contribution in [0.4, 0.5) is 19.4 Å². The van der Waals surface area contributed by atoms with E-state index >= 15 is 0 Å². The Morgan fingerprint density at radius 3 is 2.24 bits per heavy atom. The Morgan fingerprint density at radius 2 is 1.76 bits per heavy atom. The van der Waals surface area contributed by atoms with Crippen molar-refractivity contribution < 1.29 is 23.0 Å². The van der Waals surface area contributed by atoms with Crippen molar-refractivity contribution in [2.45, 2.75) is 19.1 Å². The number of benzene rings is 1. The summed E-state index contributed by atoms with van der Waals surface area (Å²) in [7, 11) is 1.71. The van der Waals surface area contributed by atoms with Gasteiger partial charge < -0.3 is 14.4 Å². The number of aryl methyl sites for hydroxylation is 1. The Kier molecular flexibility index (Phi) is 3.48. The minimum atomic E-state index is -0.701. The highest BCUT2D eigenvalue weighted by atomic mass is 19.1. The molecule has 0 radical (unpaired) electrons. The second kappa shape index (κ2) is 5.57. The van der Waals surface area contributed by atoms with Gasteiger partial charge in [0.2, 0.25) is 11.5 Å². The van der Waals surface area contributed by atoms with E-state index in [0.29, 0.717) is 11.5 Å². The molecule has 2 aliphatic rings. The zero-order valence-corrected chi connectivity index (χ0v) is 13.5. The average Bonchev–Trinajstić information content (AvgIpc) is 3.15. The molecular formula is C15H15F2N5O3. The number of carbonyl (C=O) groups excluding carboxylic acids is 1. The fourth-order valence-electron chi connectivity index (χ4n) is 2.87. The maximum atomic E-state index is 13.8. The van der Waals surface area contributed by atoms with Gasteiger partial charge >= 0.3 is 6.03 Å². The number of carbonyl (C=O) groups is 1. The van der Waals surface area contributed by atoms with Crippen molar-refractivity contribution in [2.75, 3.05) is 18.4 Å². The zero-order valence-electron chi connectivity index (χ0n) is 13.5. The number of nitrogens with one attached hydrogen (secondary N) is 1. The van der Waals surface area contributed by atoms with Crippen LogP contribution >= 0.6 is 0 Å². The number of aromatic nitrogens is 3. The highest BCUT2D eigenvalue weighted by Gasteiger charge is 2.43. The maximum Gasteiger partial charge on any atom is 0.323 e. The Balaban J connectivity index is 1.49. The van der Waals surface area contributed by atoms with Gasteiger partial charge in [0.05, 0.1) is 18.8 Å². The molecule has 10 heteroatoms. The molecule has 0 unspecified atom stereocenters. The Morgan fingerprint density at radius 1 is 1.20 bits per heavy atom. The van der Waals surface area contributed by atoms with Crippen molar-refractivity contribution in [2.24, 2.45) is 7.05 Å². The second-order valence-corrected chi connectivity index (χ2v) is 5.98. The molecule has 2 aliphatic heterocycles. The molecule has 3 heterocycles. The Bertz CT molecular complexity index is 817. The quantitative estimate of drug-likeness (QED) is 0.841. The van der Waals surface area contributed by atoms with E-state index < -0.39 is 29.9 Å². The van der Waals surface area contributed by atoms with Crippen molar-refractivity contribution in [3.8, 4) is 11.5 Å². The van der Waals surface area contributed by atoms with E-state index in [0.717, 1.165) is 12.1 Å². The number of anilines is 1. The lowest BCUT2D eigenvalue weighted by Gasteiger charge is -2.28. The zero-order chi connectivity index (χ0) is 17.7. The molecule has 1 saturated heterocycles. The number of amides is 2. The standard InChI is InChI=1S/C15H15F2N5O3/c1-7-14(19-20-21(7)2)18-15(23)22-5-10-11(6-22)25-13-9(17)4-3-8(16)12(13)24-10/h3-4,10-11H,5-6H2,1-2H3,(H,18,23)/t10-,11+. The number of fused-ring (bicyclic) bond motifs is 2. The molecule has 4 rings (SSSR count). The predicted octanol–water partition coefficient (Wildman–Crippen LogP) is 1.46. The number of likely N-dealkylation sites (tertiary alicyclic amines) is 1. The van der Waals surface area contributed by atoms with E-state index in [1.165, 1.54) is 9.58 Å². The van der Waals surface area contributed by atoms with E-state index in [4.69, 9.17) is 9.47 Å². The molecule has 1 aromatic carbocycles. The van der Waals surface area contributed by atoms with Gasteiger partial charge in [-0.15, -0.1) is 5.10 Å². The molecule has 132 valence electrons. The van der Waals surface area contributed by atoms with Crippen LogP contribution in [-0.2, 0) is 7.05 Å². The molecule has 2 aromatic rings. The average molecular weight is 351 g/mol. The van der Waals surface area contributed by atoms with Gasteiger partial charge in [0.25, 0.3) is 0 Å². The van der Waals surface area contributed by atoms with Crippen LogP contribution in [0.5, 0.6) is 11.5 Å². The first-order chi connectivity index (χ1) is 11.9. The lowest BCUT2D eigenvalue weighted by molar-refractivity contribution is 0.0467. The van der Waals surface area contributed by atoms with E-state index in [1.807, 2.05) is 0 Å². The van der Waals surface area contributed by atoms with Crippen LogP contribution in [0.1, 0.15) is 5.69 Å². The van der Waals surface area contributed by atoms with Gasteiger partial charge in [-0.05, 0) is 19.1 Å². The second-order valence-electron chi connectivity index (χ2n) is 5.98. The summed E-state index contributed by atoms with van der Waals surface area (Å²) in [4.78, 5) is 13.9. The molecule has 25 heavy (non-hydrogen) atoms. The first kappa shape index (κ1) is 15.6. The summed E-state index contributed by atoms with van der Waals surface area (Å²) in [5.41, 5.74) is 0.703. The van der Waals surface area contributed by atoms with Gasteiger partial charge in [0, 0.05) is 7.05 Å². The lowest BCUT2D eigenvalue weighted by Crippen LogP contribution is -2.39. The van der Waals surface area contributed by atoms with Crippen LogP contribution in [0.25, 0.3) is 0 Å². The smallest absolute Gasteiger partial charge is 0.323 e. The number of urea groups is 1. The van der Waals surface area contributed by atoms with Crippen LogP contribution in [0.3, 0.4) is 0 Å². The molecule has 8 nitrogen and oxygen atoms in total. The highest BCUT2D eigenvalue weighted by Crippen LogP contribution is 2.40. The summed E-state index contributed by atoms with van der Waals surface area (Å²) in [6.45, 7) is 2.14. The largest absolute Gasteiger partial charge is 0.478 e. The van der Waals surface area contributed by atoms with Gasteiger partial charge in [-0.25, -0.2) is 13.6 Å². The molecule has 2 amide bonds.